The zero-order valence-corrected chi connectivity index (χ0v) is 18.0. The molecule has 1 aliphatic heterocycles. The maximum atomic E-state index is 12.7. The standard InChI is InChI=1S/C23H25N3O6/c1-30-16-6-8-17(9-7-16)32-19-13-15(5-10-18(19)31-2)24-20(27)14-26-21(28)23(25-22(26)29)11-3-4-12-23/h5-10,13H,3-4,11-12,14H2,1-2H3,(H,24,27)(H,25,29). The van der Waals surface area contributed by atoms with Gasteiger partial charge in [0.25, 0.3) is 5.91 Å². The number of amides is 4. The van der Waals surface area contributed by atoms with Crippen LogP contribution in [0.1, 0.15) is 25.7 Å². The van der Waals surface area contributed by atoms with E-state index in [1.807, 2.05) is 0 Å². The highest BCUT2D eigenvalue weighted by molar-refractivity contribution is 6.10. The SMILES string of the molecule is COc1ccc(Oc2cc(NC(=O)CN3C(=O)NC4(CCCC4)C3=O)ccc2OC)cc1. The summed E-state index contributed by atoms with van der Waals surface area (Å²) in [7, 11) is 3.10. The van der Waals surface area contributed by atoms with Crippen molar-refractivity contribution >= 4 is 23.5 Å². The summed E-state index contributed by atoms with van der Waals surface area (Å²) in [5, 5.41) is 5.49. The van der Waals surface area contributed by atoms with Gasteiger partial charge in [-0.25, -0.2) is 4.79 Å². The Bertz CT molecular complexity index is 1030. The highest BCUT2D eigenvalue weighted by Gasteiger charge is 2.52. The number of carbonyl (C=O) groups excluding carboxylic acids is 3. The third-order valence-electron chi connectivity index (χ3n) is 5.74. The molecule has 2 fully saturated rings. The second-order valence-electron chi connectivity index (χ2n) is 7.80. The van der Waals surface area contributed by atoms with E-state index in [-0.39, 0.29) is 12.5 Å². The molecule has 0 unspecified atom stereocenters. The minimum atomic E-state index is -0.836. The molecule has 1 saturated heterocycles. The van der Waals surface area contributed by atoms with Gasteiger partial charge in [0.15, 0.2) is 11.5 Å². The zero-order valence-electron chi connectivity index (χ0n) is 18.0. The number of nitrogens with one attached hydrogen (secondary N) is 2. The van der Waals surface area contributed by atoms with E-state index >= 15 is 0 Å². The number of hydrogen-bond donors (Lipinski definition) is 2. The number of anilines is 1. The number of imide groups is 1. The van der Waals surface area contributed by atoms with Crippen LogP contribution >= 0.6 is 0 Å². The summed E-state index contributed by atoms with van der Waals surface area (Å²) in [5.74, 6) is 1.34. The Kier molecular flexibility index (Phi) is 5.89. The molecule has 9 nitrogen and oxygen atoms in total. The van der Waals surface area contributed by atoms with Crippen LogP contribution < -0.4 is 24.8 Å². The van der Waals surface area contributed by atoms with E-state index in [0.29, 0.717) is 41.5 Å². The molecule has 2 aromatic carbocycles. The van der Waals surface area contributed by atoms with Crippen LogP contribution in [0.3, 0.4) is 0 Å². The molecule has 1 spiro atoms. The summed E-state index contributed by atoms with van der Waals surface area (Å²) in [6, 6.07) is 11.4. The first-order chi connectivity index (χ1) is 15.4. The summed E-state index contributed by atoms with van der Waals surface area (Å²) < 4.78 is 16.4. The third kappa shape index (κ3) is 4.18. The maximum Gasteiger partial charge on any atom is 0.325 e. The molecule has 0 atom stereocenters. The van der Waals surface area contributed by atoms with Gasteiger partial charge < -0.3 is 24.8 Å². The van der Waals surface area contributed by atoms with Crippen molar-refractivity contribution in [2.24, 2.45) is 0 Å². The predicted molar refractivity (Wildman–Crippen MR) is 116 cm³/mol. The van der Waals surface area contributed by atoms with Crippen molar-refractivity contribution < 1.29 is 28.6 Å². The van der Waals surface area contributed by atoms with E-state index in [1.54, 1.807) is 49.6 Å². The van der Waals surface area contributed by atoms with Crippen LogP contribution in [0.15, 0.2) is 42.5 Å². The lowest BCUT2D eigenvalue weighted by Crippen LogP contribution is -2.44. The highest BCUT2D eigenvalue weighted by Crippen LogP contribution is 2.36. The summed E-state index contributed by atoms with van der Waals surface area (Å²) >= 11 is 0. The van der Waals surface area contributed by atoms with Gasteiger partial charge in [0.1, 0.15) is 23.6 Å². The molecule has 4 amide bonds. The third-order valence-corrected chi connectivity index (χ3v) is 5.74. The van der Waals surface area contributed by atoms with Gasteiger partial charge in [-0.1, -0.05) is 12.8 Å². The highest BCUT2D eigenvalue weighted by atomic mass is 16.5. The second-order valence-corrected chi connectivity index (χ2v) is 7.80. The maximum absolute atomic E-state index is 12.7. The van der Waals surface area contributed by atoms with Crippen LogP contribution in [0.5, 0.6) is 23.0 Å². The van der Waals surface area contributed by atoms with Crippen molar-refractivity contribution in [1.29, 1.82) is 0 Å². The molecule has 1 heterocycles. The van der Waals surface area contributed by atoms with E-state index < -0.39 is 17.5 Å². The Balaban J connectivity index is 1.44. The number of rotatable bonds is 7. The topological polar surface area (TPSA) is 106 Å². The second kappa shape index (κ2) is 8.78. The predicted octanol–water partition coefficient (Wildman–Crippen LogP) is 3.30. The molecule has 168 valence electrons. The summed E-state index contributed by atoms with van der Waals surface area (Å²) in [6.07, 6.45) is 2.99. The molecule has 2 aliphatic rings. The molecule has 0 bridgehead atoms. The first-order valence-corrected chi connectivity index (χ1v) is 10.4. The van der Waals surface area contributed by atoms with Gasteiger partial charge in [-0.2, -0.15) is 0 Å². The van der Waals surface area contributed by atoms with Crippen LogP contribution in [0, 0.1) is 0 Å². The molecule has 0 aromatic heterocycles. The quantitative estimate of drug-likeness (QED) is 0.641. The average molecular weight is 439 g/mol. The average Bonchev–Trinajstić information content (AvgIpc) is 3.35. The Morgan fingerprint density at radius 1 is 1.00 bits per heavy atom. The molecule has 1 saturated carbocycles. The molecular weight excluding hydrogens is 414 g/mol. The summed E-state index contributed by atoms with van der Waals surface area (Å²) in [5.41, 5.74) is -0.390. The fourth-order valence-corrected chi connectivity index (χ4v) is 4.09. The number of carbonyl (C=O) groups is 3. The van der Waals surface area contributed by atoms with E-state index in [0.717, 1.165) is 17.7 Å². The van der Waals surface area contributed by atoms with Gasteiger partial charge >= 0.3 is 6.03 Å². The zero-order chi connectivity index (χ0) is 22.7. The number of nitrogens with zero attached hydrogens (tertiary/aromatic N) is 1. The first kappa shape index (κ1) is 21.5. The van der Waals surface area contributed by atoms with Crippen molar-refractivity contribution in [3.05, 3.63) is 42.5 Å². The minimum absolute atomic E-state index is 0.326. The van der Waals surface area contributed by atoms with Crippen LogP contribution in [-0.2, 0) is 9.59 Å². The molecule has 1 aliphatic carbocycles. The van der Waals surface area contributed by atoms with E-state index in [2.05, 4.69) is 10.6 Å². The first-order valence-electron chi connectivity index (χ1n) is 10.4. The van der Waals surface area contributed by atoms with Crippen molar-refractivity contribution in [2.45, 2.75) is 31.2 Å². The fraction of sp³-hybridized carbons (Fsp3) is 0.348. The molecule has 0 radical (unpaired) electrons. The summed E-state index contributed by atoms with van der Waals surface area (Å²) in [4.78, 5) is 38.6. The van der Waals surface area contributed by atoms with Crippen molar-refractivity contribution in [3.8, 4) is 23.0 Å². The molecule has 4 rings (SSSR count). The van der Waals surface area contributed by atoms with E-state index in [1.165, 1.54) is 7.11 Å². The lowest BCUT2D eigenvalue weighted by molar-refractivity contribution is -0.133. The van der Waals surface area contributed by atoms with Crippen LogP contribution in [0.2, 0.25) is 0 Å². The largest absolute Gasteiger partial charge is 0.497 e. The summed E-state index contributed by atoms with van der Waals surface area (Å²) in [6.45, 7) is -0.354. The fourth-order valence-electron chi connectivity index (χ4n) is 4.09. The van der Waals surface area contributed by atoms with Gasteiger partial charge in [0, 0.05) is 11.8 Å². The minimum Gasteiger partial charge on any atom is -0.497 e. The van der Waals surface area contributed by atoms with Crippen molar-refractivity contribution in [1.82, 2.24) is 10.2 Å². The number of hydrogen-bond acceptors (Lipinski definition) is 6. The number of benzene rings is 2. The van der Waals surface area contributed by atoms with Crippen molar-refractivity contribution in [3.63, 3.8) is 0 Å². The number of ether oxygens (including phenoxy) is 3. The molecule has 9 heteroatoms. The van der Waals surface area contributed by atoms with Crippen LogP contribution in [-0.4, -0.2) is 49.0 Å². The van der Waals surface area contributed by atoms with Gasteiger partial charge in [-0.15, -0.1) is 0 Å². The van der Waals surface area contributed by atoms with Crippen molar-refractivity contribution in [2.75, 3.05) is 26.1 Å². The monoisotopic (exact) mass is 439 g/mol. The van der Waals surface area contributed by atoms with E-state index in [9.17, 15) is 14.4 Å². The Morgan fingerprint density at radius 3 is 2.34 bits per heavy atom. The Morgan fingerprint density at radius 2 is 1.69 bits per heavy atom. The Labute approximate surface area is 185 Å². The molecule has 32 heavy (non-hydrogen) atoms. The van der Waals surface area contributed by atoms with Gasteiger partial charge in [0.2, 0.25) is 5.91 Å². The lowest BCUT2D eigenvalue weighted by atomic mass is 9.98. The van der Waals surface area contributed by atoms with Crippen LogP contribution in [0.25, 0.3) is 0 Å². The number of methoxy groups -OCH3 is 2. The molecule has 2 N–H and O–H groups in total. The van der Waals surface area contributed by atoms with Crippen LogP contribution in [0.4, 0.5) is 10.5 Å². The normalized spacial score (nSPS) is 16.8. The smallest absolute Gasteiger partial charge is 0.325 e. The molecular formula is C23H25N3O6. The Hall–Kier alpha value is -3.75. The lowest BCUT2D eigenvalue weighted by Gasteiger charge is -2.19. The number of urea groups is 1. The molecule has 2 aromatic rings. The van der Waals surface area contributed by atoms with E-state index in [4.69, 9.17) is 14.2 Å². The van der Waals surface area contributed by atoms with Gasteiger partial charge in [0.05, 0.1) is 14.2 Å². The van der Waals surface area contributed by atoms with Gasteiger partial charge in [-0.05, 0) is 49.2 Å². The van der Waals surface area contributed by atoms with Gasteiger partial charge in [-0.3, -0.25) is 14.5 Å².